The molecular formula is C37H46ClN5O7S. The van der Waals surface area contributed by atoms with Crippen molar-refractivity contribution in [1.82, 2.24) is 14.5 Å². The van der Waals surface area contributed by atoms with Gasteiger partial charge in [-0.2, -0.15) is 0 Å². The molecule has 14 heteroatoms. The second-order valence-electron chi connectivity index (χ2n) is 13.7. The third kappa shape index (κ3) is 8.43. The first-order valence-electron chi connectivity index (χ1n) is 17.3. The summed E-state index contributed by atoms with van der Waals surface area (Å²) in [6.07, 6.45) is 8.21. The van der Waals surface area contributed by atoms with Crippen molar-refractivity contribution in [2.75, 3.05) is 38.0 Å². The van der Waals surface area contributed by atoms with Crippen molar-refractivity contribution < 1.29 is 33.1 Å². The van der Waals surface area contributed by atoms with E-state index < -0.39 is 33.8 Å². The van der Waals surface area contributed by atoms with Gasteiger partial charge in [0.2, 0.25) is 5.88 Å². The summed E-state index contributed by atoms with van der Waals surface area (Å²) in [6.45, 7) is 3.39. The van der Waals surface area contributed by atoms with Crippen molar-refractivity contribution in [3.63, 3.8) is 0 Å². The monoisotopic (exact) mass is 739 g/mol. The van der Waals surface area contributed by atoms with Crippen molar-refractivity contribution in [1.29, 1.82) is 0 Å². The van der Waals surface area contributed by atoms with Gasteiger partial charge in [-0.25, -0.2) is 4.21 Å². The van der Waals surface area contributed by atoms with Crippen LogP contribution in [0.2, 0.25) is 5.02 Å². The number of carbonyl (C=O) groups is 2. The van der Waals surface area contributed by atoms with Gasteiger partial charge in [0.1, 0.15) is 21.2 Å². The maximum absolute atomic E-state index is 14.6. The first kappa shape index (κ1) is 36.9. The number of ether oxygens (including phenoxy) is 3. The average molecular weight is 740 g/mol. The number of nitrogens with zero attached hydrogens (tertiary/aromatic N) is 4. The first-order chi connectivity index (χ1) is 24.5. The smallest absolute Gasteiger partial charge is 0.286 e. The molecule has 0 unspecified atom stereocenters. The Bertz CT molecular complexity index is 1920. The van der Waals surface area contributed by atoms with E-state index in [9.17, 15) is 18.9 Å². The summed E-state index contributed by atoms with van der Waals surface area (Å²) in [4.78, 5) is 29.8. The van der Waals surface area contributed by atoms with Crippen molar-refractivity contribution >= 4 is 39.0 Å². The summed E-state index contributed by atoms with van der Waals surface area (Å²) in [7, 11) is 0.864. The van der Waals surface area contributed by atoms with E-state index in [1.807, 2.05) is 18.2 Å². The minimum atomic E-state index is -3.79. The number of amides is 2. The van der Waals surface area contributed by atoms with Crippen LogP contribution in [0.15, 0.2) is 59.1 Å². The van der Waals surface area contributed by atoms with E-state index in [2.05, 4.69) is 25.1 Å². The van der Waals surface area contributed by atoms with E-state index in [4.69, 9.17) is 25.8 Å². The predicted molar refractivity (Wildman–Crippen MR) is 196 cm³/mol. The Kier molecular flexibility index (Phi) is 11.4. The number of hydrogen-bond donors (Lipinski definition) is 2. The van der Waals surface area contributed by atoms with Crippen molar-refractivity contribution in [3.05, 3.63) is 82.0 Å². The molecule has 274 valence electrons. The number of benzene rings is 2. The van der Waals surface area contributed by atoms with Gasteiger partial charge >= 0.3 is 0 Å². The molecule has 0 saturated heterocycles. The predicted octanol–water partition coefficient (Wildman–Crippen LogP) is 5.37. The maximum atomic E-state index is 14.6. The average Bonchev–Trinajstić information content (AvgIpc) is 3.47. The molecule has 2 aromatic carbocycles. The highest BCUT2D eigenvalue weighted by molar-refractivity contribution is 7.92. The van der Waals surface area contributed by atoms with Gasteiger partial charge < -0.3 is 24.2 Å². The Hall–Kier alpha value is -3.91. The lowest BCUT2D eigenvalue weighted by Crippen LogP contribution is -2.43. The Morgan fingerprint density at radius 3 is 2.69 bits per heavy atom. The number of halogens is 1. The van der Waals surface area contributed by atoms with Crippen LogP contribution in [0.1, 0.15) is 64.4 Å². The van der Waals surface area contributed by atoms with E-state index in [0.717, 1.165) is 43.4 Å². The zero-order valence-electron chi connectivity index (χ0n) is 29.4. The molecule has 1 fully saturated rings. The van der Waals surface area contributed by atoms with Crippen LogP contribution < -0.4 is 19.1 Å². The van der Waals surface area contributed by atoms with Gasteiger partial charge in [-0.3, -0.25) is 19.0 Å². The topological polar surface area (TPSA) is 145 Å². The van der Waals surface area contributed by atoms with Crippen LogP contribution >= 0.6 is 11.6 Å². The summed E-state index contributed by atoms with van der Waals surface area (Å²) in [5.74, 6) is -1.39. The number of methoxy groups -OCH3 is 2. The highest BCUT2D eigenvalue weighted by atomic mass is 35.5. The van der Waals surface area contributed by atoms with Crippen molar-refractivity contribution in [3.8, 4) is 11.6 Å². The molecule has 3 heterocycles. The van der Waals surface area contributed by atoms with Gasteiger partial charge in [0.05, 0.1) is 37.4 Å². The largest absolute Gasteiger partial charge is 0.491 e. The van der Waals surface area contributed by atoms with Crippen LogP contribution in [-0.4, -0.2) is 76.2 Å². The third-order valence-electron chi connectivity index (χ3n) is 10.1. The number of aryl methyl sites for hydroxylation is 2. The Morgan fingerprint density at radius 2 is 1.94 bits per heavy atom. The molecule has 0 radical (unpaired) electrons. The van der Waals surface area contributed by atoms with E-state index in [1.165, 1.54) is 23.6 Å². The Labute approximate surface area is 304 Å². The second kappa shape index (κ2) is 15.8. The number of anilines is 1. The van der Waals surface area contributed by atoms with Crippen molar-refractivity contribution in [2.45, 2.75) is 57.8 Å². The molecule has 6 atom stereocenters. The van der Waals surface area contributed by atoms with Gasteiger partial charge in [-0.1, -0.05) is 36.7 Å². The number of aliphatic hydroxyl groups is 1. The molecule has 2 N–H and O–H groups in total. The molecule has 0 spiro atoms. The van der Waals surface area contributed by atoms with Gasteiger partial charge in [-0.05, 0) is 91.3 Å². The van der Waals surface area contributed by atoms with Gasteiger partial charge in [0.15, 0.2) is 0 Å². The number of fused-ring (bicyclic) bond motifs is 3. The van der Waals surface area contributed by atoms with E-state index in [-0.39, 0.29) is 40.7 Å². The molecule has 2 bridgehead atoms. The fourth-order valence-electron chi connectivity index (χ4n) is 7.12. The lowest BCUT2D eigenvalue weighted by atomic mass is 9.70. The Morgan fingerprint density at radius 1 is 1.12 bits per heavy atom. The highest BCUT2D eigenvalue weighted by Crippen LogP contribution is 2.42. The van der Waals surface area contributed by atoms with Crippen LogP contribution in [-0.2, 0) is 34.7 Å². The second-order valence-corrected chi connectivity index (χ2v) is 16.1. The SMILES string of the molecule is COc1nn(C)cc1C(=O)N[S@@]1(=O)=NC(=O)c2ccc3c(c2)N(Cc2ccc(Cl)cc2CCCCO3)C[C@@H]2CC[C@H]2[C@@H](OC)/C=C/[C@H](O)[C@H](C)C1. The first-order valence-corrected chi connectivity index (χ1v) is 19.4. The van der Waals surface area contributed by atoms with Gasteiger partial charge in [0.25, 0.3) is 11.8 Å². The molecule has 3 aromatic rings. The van der Waals surface area contributed by atoms with E-state index in [1.54, 1.807) is 45.4 Å². The molecule has 1 saturated carbocycles. The summed E-state index contributed by atoms with van der Waals surface area (Å²) >= 11 is 6.45. The summed E-state index contributed by atoms with van der Waals surface area (Å²) in [5.41, 5.74) is 3.25. The molecule has 12 nitrogen and oxygen atoms in total. The fraction of sp³-hybridized carbons (Fsp3) is 0.486. The summed E-state index contributed by atoms with van der Waals surface area (Å²) in [5, 5.41) is 16.0. The number of nitrogens with one attached hydrogen (secondary N) is 1. The molecule has 1 aromatic heterocycles. The normalized spacial score (nSPS) is 27.7. The third-order valence-corrected chi connectivity index (χ3v) is 12.3. The maximum Gasteiger partial charge on any atom is 0.286 e. The Balaban J connectivity index is 1.47. The minimum absolute atomic E-state index is 0.0292. The highest BCUT2D eigenvalue weighted by Gasteiger charge is 2.38. The minimum Gasteiger partial charge on any atom is -0.491 e. The van der Waals surface area contributed by atoms with Crippen LogP contribution in [0.5, 0.6) is 11.6 Å². The van der Waals surface area contributed by atoms with Crippen LogP contribution in [0, 0.1) is 17.8 Å². The van der Waals surface area contributed by atoms with E-state index in [0.29, 0.717) is 30.5 Å². The standard InChI is InChI=1S/C37H46ClN5O7S/c1-23-22-51(47,41-36(46)30-21-42(2)39-37(30)49-4)40-35(45)25-10-14-34-31(18-25)43(20-27-9-12-29(27)33(48-3)15-13-32(23)44)19-26-8-11-28(38)17-24(26)7-5-6-16-50-34/h8,10-11,13-15,17-18,21,23,27,29,32-33,44H,5-7,9,12,16,19-20,22H2,1-4H3,(H,40,41,45,46,47)/b15-13+/t23-,27+,29-,32+,33+,51+/m1/s1. The number of carbonyl (C=O) groups excluding carboxylic acids is 2. The van der Waals surface area contributed by atoms with Crippen LogP contribution in [0.25, 0.3) is 0 Å². The lowest BCUT2D eigenvalue weighted by molar-refractivity contribution is 0.0126. The van der Waals surface area contributed by atoms with Gasteiger partial charge in [-0.15, -0.1) is 9.46 Å². The van der Waals surface area contributed by atoms with Crippen LogP contribution in [0.4, 0.5) is 5.69 Å². The molecule has 2 amide bonds. The number of rotatable bonds is 4. The molecular weight excluding hydrogens is 694 g/mol. The van der Waals surface area contributed by atoms with Gasteiger partial charge in [0, 0.05) is 44.0 Å². The molecule has 1 aliphatic carbocycles. The summed E-state index contributed by atoms with van der Waals surface area (Å²) in [6, 6.07) is 11.1. The fourth-order valence-corrected chi connectivity index (χ4v) is 9.20. The van der Waals surface area contributed by atoms with E-state index >= 15 is 0 Å². The molecule has 51 heavy (non-hydrogen) atoms. The molecule has 3 aliphatic rings. The van der Waals surface area contributed by atoms with Crippen molar-refractivity contribution in [2.24, 2.45) is 29.2 Å². The number of hydrogen-bond acceptors (Lipinski definition) is 9. The van der Waals surface area contributed by atoms with Crippen LogP contribution in [0.3, 0.4) is 0 Å². The molecule has 6 rings (SSSR count). The summed E-state index contributed by atoms with van der Waals surface area (Å²) < 4.78 is 40.2. The number of aliphatic hydroxyl groups excluding tert-OH is 1. The zero-order valence-corrected chi connectivity index (χ0v) is 31.0. The zero-order chi connectivity index (χ0) is 36.3. The molecule has 2 aliphatic heterocycles. The quantitative estimate of drug-likeness (QED) is 0.338. The number of aromatic nitrogens is 2. The lowest BCUT2D eigenvalue weighted by Gasteiger charge is -2.43.